The van der Waals surface area contributed by atoms with Crippen molar-refractivity contribution in [3.8, 4) is 28.6 Å². The number of nitrogens with zero attached hydrogens (tertiary/aromatic N) is 2. The number of hydrogen-bond acceptors (Lipinski definition) is 7. The van der Waals surface area contributed by atoms with E-state index in [4.69, 9.17) is 18.7 Å². The van der Waals surface area contributed by atoms with E-state index in [9.17, 15) is 18.0 Å². The van der Waals surface area contributed by atoms with Gasteiger partial charge in [-0.05, 0) is 42.3 Å². The Bertz CT molecular complexity index is 1140. The van der Waals surface area contributed by atoms with Crippen LogP contribution in [0.5, 0.6) is 17.2 Å². The average molecular weight is 493 g/mol. The summed E-state index contributed by atoms with van der Waals surface area (Å²) in [7, 11) is 4.46. The Morgan fingerprint density at radius 1 is 1.06 bits per heavy atom. The van der Waals surface area contributed by atoms with E-state index in [1.54, 1.807) is 12.1 Å². The van der Waals surface area contributed by atoms with E-state index < -0.39 is 23.7 Å². The van der Waals surface area contributed by atoms with Crippen molar-refractivity contribution in [2.75, 3.05) is 21.3 Å². The number of benzene rings is 2. The molecule has 1 N–H and O–H groups in total. The second kappa shape index (κ2) is 10.7. The predicted octanol–water partition coefficient (Wildman–Crippen LogP) is 5.30. The van der Waals surface area contributed by atoms with Gasteiger partial charge in [0.2, 0.25) is 17.5 Å². The molecule has 8 nitrogen and oxygen atoms in total. The van der Waals surface area contributed by atoms with Crippen molar-refractivity contribution >= 4 is 5.91 Å². The Kier molecular flexibility index (Phi) is 7.88. The minimum absolute atomic E-state index is 0.0793. The van der Waals surface area contributed by atoms with Crippen molar-refractivity contribution in [3.63, 3.8) is 0 Å². The molecule has 0 unspecified atom stereocenters. The standard InChI is InChI=1S/C24H26F3N3O5/c1-6-13(2)19(28-22(31)14-7-9-16(10-8-14)24(25,26)27)23-29-21(30-35-23)15-11-17(32-3)20(34-5)18(12-15)33-4/h7-13,19H,6H2,1-5H3,(H,28,31)/t13-,19+/m0/s1. The van der Waals surface area contributed by atoms with E-state index in [0.29, 0.717) is 29.2 Å². The lowest BCUT2D eigenvalue weighted by molar-refractivity contribution is -0.137. The number of aromatic nitrogens is 2. The maximum atomic E-state index is 12.8. The summed E-state index contributed by atoms with van der Waals surface area (Å²) in [5.41, 5.74) is -0.221. The maximum absolute atomic E-state index is 12.8. The zero-order valence-electron chi connectivity index (χ0n) is 19.9. The molecule has 0 radical (unpaired) electrons. The summed E-state index contributed by atoms with van der Waals surface area (Å²) in [5, 5.41) is 6.84. The molecule has 0 aliphatic heterocycles. The Labute approximate surface area is 200 Å². The Balaban J connectivity index is 1.89. The molecule has 0 fully saturated rings. The average Bonchev–Trinajstić information content (AvgIpc) is 3.35. The molecule has 0 saturated carbocycles. The van der Waals surface area contributed by atoms with Crippen molar-refractivity contribution in [1.29, 1.82) is 0 Å². The van der Waals surface area contributed by atoms with Gasteiger partial charge in [0, 0.05) is 11.1 Å². The molecule has 0 bridgehead atoms. The highest BCUT2D eigenvalue weighted by Gasteiger charge is 2.31. The number of carbonyl (C=O) groups excluding carboxylic acids is 1. The number of hydrogen-bond donors (Lipinski definition) is 1. The van der Waals surface area contributed by atoms with Crippen LogP contribution in [0.15, 0.2) is 40.9 Å². The minimum Gasteiger partial charge on any atom is -0.493 e. The summed E-state index contributed by atoms with van der Waals surface area (Å²) in [6, 6.07) is 6.63. The van der Waals surface area contributed by atoms with Crippen LogP contribution in [0.2, 0.25) is 0 Å². The third kappa shape index (κ3) is 5.67. The molecule has 1 amide bonds. The third-order valence-corrected chi connectivity index (χ3v) is 5.60. The summed E-state index contributed by atoms with van der Waals surface area (Å²) in [6.07, 6.45) is -3.82. The summed E-state index contributed by atoms with van der Waals surface area (Å²) in [5.74, 6) is 0.936. The van der Waals surface area contributed by atoms with Crippen LogP contribution >= 0.6 is 0 Å². The fraction of sp³-hybridized carbons (Fsp3) is 0.375. The van der Waals surface area contributed by atoms with Crippen LogP contribution in [0, 0.1) is 5.92 Å². The molecule has 0 aliphatic carbocycles. The number of alkyl halides is 3. The van der Waals surface area contributed by atoms with E-state index in [2.05, 4.69) is 15.5 Å². The topological polar surface area (TPSA) is 95.7 Å². The summed E-state index contributed by atoms with van der Waals surface area (Å²) in [6.45, 7) is 3.82. The smallest absolute Gasteiger partial charge is 0.416 e. The van der Waals surface area contributed by atoms with Gasteiger partial charge in [-0.15, -0.1) is 0 Å². The number of ether oxygens (including phenoxy) is 3. The first-order valence-corrected chi connectivity index (χ1v) is 10.7. The number of methoxy groups -OCH3 is 3. The van der Waals surface area contributed by atoms with Crippen molar-refractivity contribution < 1.29 is 36.7 Å². The molecular formula is C24H26F3N3O5. The second-order valence-corrected chi connectivity index (χ2v) is 7.78. The van der Waals surface area contributed by atoms with Gasteiger partial charge < -0.3 is 24.1 Å². The van der Waals surface area contributed by atoms with Gasteiger partial charge in [-0.3, -0.25) is 4.79 Å². The quantitative estimate of drug-likeness (QED) is 0.432. The van der Waals surface area contributed by atoms with Gasteiger partial charge in [-0.2, -0.15) is 18.2 Å². The van der Waals surface area contributed by atoms with Crippen molar-refractivity contribution in [1.82, 2.24) is 15.5 Å². The number of carbonyl (C=O) groups is 1. The van der Waals surface area contributed by atoms with Gasteiger partial charge in [-0.25, -0.2) is 0 Å². The van der Waals surface area contributed by atoms with Crippen LogP contribution < -0.4 is 19.5 Å². The Hall–Kier alpha value is -3.76. The second-order valence-electron chi connectivity index (χ2n) is 7.78. The van der Waals surface area contributed by atoms with Crippen LogP contribution in [0.25, 0.3) is 11.4 Å². The first-order chi connectivity index (χ1) is 16.6. The molecule has 1 aromatic heterocycles. The minimum atomic E-state index is -4.48. The molecular weight excluding hydrogens is 467 g/mol. The lowest BCUT2D eigenvalue weighted by Crippen LogP contribution is -2.32. The predicted molar refractivity (Wildman–Crippen MR) is 120 cm³/mol. The fourth-order valence-corrected chi connectivity index (χ4v) is 3.41. The van der Waals surface area contributed by atoms with Gasteiger partial charge in [0.25, 0.3) is 5.91 Å². The summed E-state index contributed by atoms with van der Waals surface area (Å²) in [4.78, 5) is 17.3. The molecule has 188 valence electrons. The monoisotopic (exact) mass is 493 g/mol. The molecule has 35 heavy (non-hydrogen) atoms. The van der Waals surface area contributed by atoms with Crippen molar-refractivity contribution in [2.24, 2.45) is 5.92 Å². The van der Waals surface area contributed by atoms with E-state index >= 15 is 0 Å². The zero-order valence-corrected chi connectivity index (χ0v) is 19.9. The third-order valence-electron chi connectivity index (χ3n) is 5.60. The molecule has 3 rings (SSSR count). The lowest BCUT2D eigenvalue weighted by atomic mass is 9.98. The molecule has 0 spiro atoms. The highest BCUT2D eigenvalue weighted by molar-refractivity contribution is 5.94. The van der Waals surface area contributed by atoms with Crippen LogP contribution in [-0.4, -0.2) is 37.4 Å². The van der Waals surface area contributed by atoms with E-state index in [1.807, 2.05) is 13.8 Å². The highest BCUT2D eigenvalue weighted by Crippen LogP contribution is 2.41. The molecule has 3 aromatic rings. The molecule has 0 aliphatic rings. The van der Waals surface area contributed by atoms with Gasteiger partial charge >= 0.3 is 6.18 Å². The molecule has 2 aromatic carbocycles. The lowest BCUT2D eigenvalue weighted by Gasteiger charge is -2.21. The highest BCUT2D eigenvalue weighted by atomic mass is 19.4. The Morgan fingerprint density at radius 3 is 2.14 bits per heavy atom. The summed E-state index contributed by atoms with van der Waals surface area (Å²) >= 11 is 0. The van der Waals surface area contributed by atoms with Crippen molar-refractivity contribution in [2.45, 2.75) is 32.5 Å². The first-order valence-electron chi connectivity index (χ1n) is 10.7. The van der Waals surface area contributed by atoms with Gasteiger partial charge in [0.05, 0.1) is 26.9 Å². The van der Waals surface area contributed by atoms with E-state index in [0.717, 1.165) is 24.3 Å². The first kappa shape index (κ1) is 25.9. The normalized spacial score (nSPS) is 13.1. The van der Waals surface area contributed by atoms with Gasteiger partial charge in [-0.1, -0.05) is 25.4 Å². The maximum Gasteiger partial charge on any atom is 0.416 e. The summed E-state index contributed by atoms with van der Waals surface area (Å²) < 4.78 is 60.0. The number of nitrogens with one attached hydrogen (secondary N) is 1. The molecule has 1 heterocycles. The Morgan fingerprint density at radius 2 is 1.66 bits per heavy atom. The number of rotatable bonds is 9. The van der Waals surface area contributed by atoms with Gasteiger partial charge in [0.1, 0.15) is 6.04 Å². The van der Waals surface area contributed by atoms with Crippen molar-refractivity contribution in [3.05, 3.63) is 53.4 Å². The van der Waals surface area contributed by atoms with E-state index in [-0.39, 0.29) is 23.2 Å². The molecule has 0 saturated heterocycles. The van der Waals surface area contributed by atoms with E-state index in [1.165, 1.54) is 21.3 Å². The largest absolute Gasteiger partial charge is 0.493 e. The van der Waals surface area contributed by atoms with Crippen LogP contribution in [-0.2, 0) is 6.18 Å². The SMILES string of the molecule is CC[C@H](C)[C@@H](NC(=O)c1ccc(C(F)(F)F)cc1)c1nc(-c2cc(OC)c(OC)c(OC)c2)no1. The molecule has 11 heteroatoms. The van der Waals surface area contributed by atoms with Crippen LogP contribution in [0.4, 0.5) is 13.2 Å². The zero-order chi connectivity index (χ0) is 25.8. The number of halogens is 3. The van der Waals surface area contributed by atoms with Crippen LogP contribution in [0.3, 0.4) is 0 Å². The van der Waals surface area contributed by atoms with Crippen LogP contribution in [0.1, 0.15) is 48.1 Å². The molecule has 2 atom stereocenters. The fourth-order valence-electron chi connectivity index (χ4n) is 3.41. The van der Waals surface area contributed by atoms with Gasteiger partial charge in [0.15, 0.2) is 11.5 Å². The number of amides is 1.